The second-order valence-electron chi connectivity index (χ2n) is 8.72. The number of hydrogen-bond donors (Lipinski definition) is 1. The van der Waals surface area contributed by atoms with Crippen molar-refractivity contribution in [2.24, 2.45) is 15.1 Å². The van der Waals surface area contributed by atoms with Crippen LogP contribution in [0, 0.1) is 5.82 Å². The first kappa shape index (κ1) is 23.2. The van der Waals surface area contributed by atoms with Gasteiger partial charge in [0.25, 0.3) is 0 Å². The number of pyridine rings is 2. The Hall–Kier alpha value is -2.95. The normalized spacial score (nSPS) is 27.9. The van der Waals surface area contributed by atoms with Crippen molar-refractivity contribution < 1.29 is 22.5 Å². The van der Waals surface area contributed by atoms with Crippen LogP contribution in [0.2, 0.25) is 0 Å². The number of aromatic nitrogens is 2. The Morgan fingerprint density at radius 3 is 2.70 bits per heavy atom. The van der Waals surface area contributed by atoms with Gasteiger partial charge in [-0.2, -0.15) is 0 Å². The van der Waals surface area contributed by atoms with Crippen LogP contribution >= 0.6 is 0 Å². The molecule has 0 saturated carbocycles. The second-order valence-corrected chi connectivity index (χ2v) is 11.7. The summed E-state index contributed by atoms with van der Waals surface area (Å²) in [5.41, 5.74) is 5.36. The molecule has 176 valence electrons. The van der Waals surface area contributed by atoms with Gasteiger partial charge in [-0.3, -0.25) is 14.8 Å². The van der Waals surface area contributed by atoms with Crippen LogP contribution in [0.5, 0.6) is 5.75 Å². The van der Waals surface area contributed by atoms with Gasteiger partial charge in [-0.15, -0.1) is 0 Å². The van der Waals surface area contributed by atoms with E-state index in [1.165, 1.54) is 30.5 Å². The number of alkyl halides is 1. The van der Waals surface area contributed by atoms with Gasteiger partial charge in [0.1, 0.15) is 39.1 Å². The summed E-state index contributed by atoms with van der Waals surface area (Å²) in [6, 6.07) is 5.49. The molecule has 0 amide bonds. The van der Waals surface area contributed by atoms with Crippen molar-refractivity contribution in [2.75, 3.05) is 13.4 Å². The number of nitrogens with zero attached hydrogens (tertiary/aromatic N) is 4. The highest BCUT2D eigenvalue weighted by atomic mass is 32.2. The first-order valence-corrected chi connectivity index (χ1v) is 12.0. The molecule has 0 fully saturated rings. The molecule has 2 aromatic rings. The van der Waals surface area contributed by atoms with E-state index in [0.29, 0.717) is 18.7 Å². The van der Waals surface area contributed by atoms with Gasteiger partial charge < -0.3 is 10.5 Å². The number of ketones is 1. The van der Waals surface area contributed by atoms with Crippen LogP contribution in [0.4, 0.5) is 8.78 Å². The molecule has 33 heavy (non-hydrogen) atoms. The number of halogens is 2. The van der Waals surface area contributed by atoms with Crippen LogP contribution in [0.15, 0.2) is 39.8 Å². The lowest BCUT2D eigenvalue weighted by molar-refractivity contribution is 0.0986. The molecule has 2 N–H and O–H groups in total. The maximum absolute atomic E-state index is 15.0. The van der Waals surface area contributed by atoms with Gasteiger partial charge in [-0.05, 0) is 51.5 Å². The third-order valence-corrected chi connectivity index (χ3v) is 10.1. The average Bonchev–Trinajstić information content (AvgIpc) is 3.19. The fourth-order valence-electron chi connectivity index (χ4n) is 4.36. The van der Waals surface area contributed by atoms with Crippen molar-refractivity contribution in [3.63, 3.8) is 0 Å². The highest BCUT2D eigenvalue weighted by molar-refractivity contribution is 7.96. The van der Waals surface area contributed by atoms with Crippen molar-refractivity contribution in [1.82, 2.24) is 9.97 Å². The van der Waals surface area contributed by atoms with Crippen molar-refractivity contribution in [1.29, 1.82) is 0 Å². The molecule has 0 bridgehead atoms. The number of rotatable bonds is 6. The quantitative estimate of drug-likeness (QED) is 0.639. The molecule has 11 heteroatoms. The molecule has 0 aromatic carbocycles. The van der Waals surface area contributed by atoms with Gasteiger partial charge in [-0.1, -0.05) is 0 Å². The van der Waals surface area contributed by atoms with E-state index in [2.05, 4.69) is 24.1 Å². The predicted molar refractivity (Wildman–Crippen MR) is 120 cm³/mol. The van der Waals surface area contributed by atoms with Crippen molar-refractivity contribution in [3.05, 3.63) is 53.4 Å². The number of hydrogen-bond acceptors (Lipinski definition) is 8. The summed E-state index contributed by atoms with van der Waals surface area (Å²) in [5.74, 6) is -0.640. The Bertz CT molecular complexity index is 1260. The van der Waals surface area contributed by atoms with Crippen LogP contribution in [0.25, 0.3) is 0 Å². The van der Waals surface area contributed by atoms with Crippen LogP contribution in [-0.4, -0.2) is 49.2 Å². The third kappa shape index (κ3) is 3.68. The fourth-order valence-corrected chi connectivity index (χ4v) is 7.51. The smallest absolute Gasteiger partial charge is 0.228 e. The first-order valence-electron chi connectivity index (χ1n) is 10.4. The minimum absolute atomic E-state index is 0.0132. The molecule has 0 radical (unpaired) electrons. The average molecular weight is 478 g/mol. The lowest BCUT2D eigenvalue weighted by Crippen LogP contribution is -2.58. The predicted octanol–water partition coefficient (Wildman–Crippen LogP) is 2.95. The Morgan fingerprint density at radius 1 is 1.27 bits per heavy atom. The Balaban J connectivity index is 1.69. The summed E-state index contributed by atoms with van der Waals surface area (Å²) in [6.07, 6.45) is 1.57. The number of Topliss-reactive ketones (excluding diaryl/α,β-unsaturated/α-hetero) is 1. The number of carbonyl (C=O) groups is 1. The number of carbonyl (C=O) groups excluding carboxylic acids is 1. The van der Waals surface area contributed by atoms with Gasteiger partial charge in [0.2, 0.25) is 6.86 Å². The van der Waals surface area contributed by atoms with Crippen LogP contribution in [0.3, 0.4) is 0 Å². The molecule has 4 heterocycles. The molecular weight excluding hydrogens is 452 g/mol. The highest BCUT2D eigenvalue weighted by Crippen LogP contribution is 2.47. The number of ether oxygens (including phenoxy) is 1. The van der Waals surface area contributed by atoms with E-state index in [0.717, 1.165) is 0 Å². The summed E-state index contributed by atoms with van der Waals surface area (Å²) in [4.78, 5) is 25.7. The molecule has 3 atom stereocenters. The standard InChI is InChI=1S/C22H25F2N5O3S/c1-21(2)20(25)29-22(3,18-8-9-27-33(18,21)31)19-15(24)6-4-13(28-19)10-17(30)16-7-5-14(11-26-16)32-12-23/h4-7,11,18H,8-10,12H2,1-3H3,(H2,25,29)/t18-,22+,33+/m1/s1. The summed E-state index contributed by atoms with van der Waals surface area (Å²) >= 11 is 0. The highest BCUT2D eigenvalue weighted by Gasteiger charge is 2.57. The summed E-state index contributed by atoms with van der Waals surface area (Å²) in [6.45, 7) is 4.53. The maximum Gasteiger partial charge on any atom is 0.228 e. The molecule has 0 unspecified atom stereocenters. The number of nitrogens with two attached hydrogens (primary N) is 1. The van der Waals surface area contributed by atoms with E-state index in [-0.39, 0.29) is 35.2 Å². The molecule has 0 saturated heterocycles. The van der Waals surface area contributed by atoms with Gasteiger partial charge in [-0.25, -0.2) is 22.3 Å². The first-order chi connectivity index (χ1) is 15.5. The zero-order chi connectivity index (χ0) is 24.0. The van der Waals surface area contributed by atoms with E-state index in [1.807, 2.05) is 0 Å². The number of fused-ring (bicyclic) bond motifs is 1. The van der Waals surface area contributed by atoms with Crippen molar-refractivity contribution in [2.45, 2.75) is 49.1 Å². The Kier molecular flexibility index (Phi) is 5.71. The van der Waals surface area contributed by atoms with Crippen LogP contribution in [-0.2, 0) is 21.7 Å². The zero-order valence-corrected chi connectivity index (χ0v) is 19.4. The minimum Gasteiger partial charge on any atom is -0.461 e. The fraction of sp³-hybridized carbons (Fsp3) is 0.455. The van der Waals surface area contributed by atoms with Crippen molar-refractivity contribution in [3.8, 4) is 5.75 Å². The largest absolute Gasteiger partial charge is 0.461 e. The third-order valence-electron chi connectivity index (χ3n) is 6.36. The Labute approximate surface area is 190 Å². The monoisotopic (exact) mass is 477 g/mol. The Morgan fingerprint density at radius 2 is 2.03 bits per heavy atom. The zero-order valence-electron chi connectivity index (χ0n) is 18.5. The number of amidine groups is 1. The van der Waals surface area contributed by atoms with Crippen LogP contribution in [0.1, 0.15) is 49.1 Å². The summed E-state index contributed by atoms with van der Waals surface area (Å²) in [7, 11) is -2.84. The van der Waals surface area contributed by atoms with E-state index in [4.69, 9.17) is 5.73 Å². The van der Waals surface area contributed by atoms with Gasteiger partial charge in [0.05, 0.1) is 27.6 Å². The second kappa shape index (κ2) is 8.12. The van der Waals surface area contributed by atoms with E-state index < -0.39 is 37.9 Å². The lowest BCUT2D eigenvalue weighted by Gasteiger charge is -2.44. The van der Waals surface area contributed by atoms with Crippen LogP contribution < -0.4 is 10.5 Å². The lowest BCUT2D eigenvalue weighted by atomic mass is 9.89. The SMILES string of the molecule is CC1(C)C(N)=N[C@](C)(c2nc(CC(=O)c3ccc(OCF)cn3)ccc2F)[C@H]2CCN=[S@]21=O. The molecule has 4 rings (SSSR count). The van der Waals surface area contributed by atoms with Gasteiger partial charge in [0, 0.05) is 12.2 Å². The molecule has 8 nitrogen and oxygen atoms in total. The minimum atomic E-state index is -2.84. The molecule has 2 aliphatic rings. The summed E-state index contributed by atoms with van der Waals surface area (Å²) in [5, 5.41) is -0.565. The molecule has 2 aromatic heterocycles. The molecule has 0 spiro atoms. The van der Waals surface area contributed by atoms with E-state index in [9.17, 15) is 13.4 Å². The van der Waals surface area contributed by atoms with E-state index >= 15 is 4.39 Å². The van der Waals surface area contributed by atoms with E-state index in [1.54, 1.807) is 20.8 Å². The summed E-state index contributed by atoms with van der Waals surface area (Å²) < 4.78 is 49.3. The van der Waals surface area contributed by atoms with Gasteiger partial charge in [0.15, 0.2) is 5.78 Å². The maximum atomic E-state index is 15.0. The molecule has 0 aliphatic carbocycles. The molecule has 2 aliphatic heterocycles. The number of aliphatic imine (C=N–C) groups is 1. The topological polar surface area (TPSA) is 120 Å². The van der Waals surface area contributed by atoms with Gasteiger partial charge >= 0.3 is 0 Å². The molecular formula is C22H25F2N5O3S. The van der Waals surface area contributed by atoms with Crippen molar-refractivity contribution >= 4 is 21.3 Å².